The molecule has 1 N–H and O–H groups in total. The lowest BCUT2D eigenvalue weighted by atomic mass is 10.2. The smallest absolute Gasteiger partial charge is 0.307 e. The first-order valence-corrected chi connectivity index (χ1v) is 6.37. The molecule has 82 valence electrons. The summed E-state index contributed by atoms with van der Waals surface area (Å²) in [6.45, 7) is 0.406. The molecule has 0 saturated heterocycles. The first-order chi connectivity index (χ1) is 7.81. The molecule has 0 unspecified atom stereocenters. The Labute approximate surface area is 101 Å². The topological polar surface area (TPSA) is 42.2 Å². The van der Waals surface area contributed by atoms with Gasteiger partial charge in [-0.05, 0) is 11.4 Å². The van der Waals surface area contributed by atoms with Crippen LogP contribution in [0.1, 0.15) is 10.4 Å². The van der Waals surface area contributed by atoms with Gasteiger partial charge in [-0.1, -0.05) is 23.2 Å². The molecule has 0 fully saturated rings. The number of thiophene rings is 1. The predicted octanol–water partition coefficient (Wildman–Crippen LogP) is 1.36. The summed E-state index contributed by atoms with van der Waals surface area (Å²) in [4.78, 5) is 12.5. The number of aliphatic hydroxyl groups is 1. The van der Waals surface area contributed by atoms with Crippen LogP contribution in [0.5, 0.6) is 0 Å². The molecule has 0 bridgehead atoms. The minimum Gasteiger partial charge on any atom is -0.384 e. The molecule has 5 heteroatoms. The van der Waals surface area contributed by atoms with Gasteiger partial charge in [0.25, 0.3) is 0 Å². The largest absolute Gasteiger partial charge is 0.384 e. The lowest BCUT2D eigenvalue weighted by Gasteiger charge is -1.98. The van der Waals surface area contributed by atoms with Crippen LogP contribution in [0.4, 0.5) is 0 Å². The van der Waals surface area contributed by atoms with Crippen LogP contribution in [0.3, 0.4) is 0 Å². The zero-order valence-corrected chi connectivity index (χ0v) is 9.98. The second-order valence-corrected chi connectivity index (χ2v) is 4.87. The fourth-order valence-corrected chi connectivity index (χ4v) is 2.68. The average Bonchev–Trinajstić information content (AvgIpc) is 2.87. The van der Waals surface area contributed by atoms with E-state index in [2.05, 4.69) is 11.8 Å². The van der Waals surface area contributed by atoms with Crippen LogP contribution in [0.15, 0.2) is 27.8 Å². The molecule has 3 nitrogen and oxygen atoms in total. The summed E-state index contributed by atoms with van der Waals surface area (Å²) in [6, 6.07) is 1.90. The lowest BCUT2D eigenvalue weighted by molar-refractivity contribution is 0.350. The number of nitrogens with zero attached hydrogens (tertiary/aromatic N) is 1. The molecule has 0 aliphatic carbocycles. The number of thiazole rings is 1. The van der Waals surface area contributed by atoms with Crippen molar-refractivity contribution in [3.63, 3.8) is 0 Å². The van der Waals surface area contributed by atoms with E-state index in [0.717, 1.165) is 10.4 Å². The molecule has 0 amide bonds. The first-order valence-electron chi connectivity index (χ1n) is 4.61. The van der Waals surface area contributed by atoms with E-state index < -0.39 is 0 Å². The van der Waals surface area contributed by atoms with Crippen molar-refractivity contribution in [3.05, 3.63) is 43.1 Å². The van der Waals surface area contributed by atoms with E-state index in [4.69, 9.17) is 5.11 Å². The Hall–Kier alpha value is -1.35. The molecule has 2 aromatic rings. The Morgan fingerprint density at radius 3 is 2.94 bits per heavy atom. The fourth-order valence-electron chi connectivity index (χ4n) is 1.27. The van der Waals surface area contributed by atoms with Crippen molar-refractivity contribution in [3.8, 4) is 11.8 Å². The third kappa shape index (κ3) is 2.42. The van der Waals surface area contributed by atoms with Crippen LogP contribution in [0.25, 0.3) is 0 Å². The van der Waals surface area contributed by atoms with Crippen LogP contribution < -0.4 is 4.87 Å². The van der Waals surface area contributed by atoms with Crippen molar-refractivity contribution in [2.45, 2.75) is 6.54 Å². The lowest BCUT2D eigenvalue weighted by Crippen LogP contribution is -2.12. The van der Waals surface area contributed by atoms with Gasteiger partial charge < -0.3 is 9.67 Å². The van der Waals surface area contributed by atoms with Gasteiger partial charge in [-0.25, -0.2) is 0 Å². The monoisotopic (exact) mass is 251 g/mol. The number of aromatic nitrogens is 1. The zero-order chi connectivity index (χ0) is 11.4. The maximum absolute atomic E-state index is 11.4. The van der Waals surface area contributed by atoms with E-state index in [1.54, 1.807) is 27.5 Å². The Kier molecular flexibility index (Phi) is 3.57. The molecule has 2 heterocycles. The normalized spacial score (nSPS) is 9.81. The van der Waals surface area contributed by atoms with Crippen molar-refractivity contribution in [1.29, 1.82) is 0 Å². The molecule has 0 aliphatic rings. The van der Waals surface area contributed by atoms with Gasteiger partial charge in [0.2, 0.25) is 0 Å². The molecule has 0 atom stereocenters. The third-order valence-electron chi connectivity index (χ3n) is 2.01. The predicted molar refractivity (Wildman–Crippen MR) is 66.0 cm³/mol. The van der Waals surface area contributed by atoms with Crippen molar-refractivity contribution < 1.29 is 5.11 Å². The van der Waals surface area contributed by atoms with E-state index in [1.807, 2.05) is 11.4 Å². The Morgan fingerprint density at radius 2 is 2.25 bits per heavy atom. The fraction of sp³-hybridized carbons (Fsp3) is 0.182. The van der Waals surface area contributed by atoms with Crippen molar-refractivity contribution in [2.75, 3.05) is 6.61 Å². The molecule has 0 aromatic carbocycles. The van der Waals surface area contributed by atoms with Crippen LogP contribution in [0, 0.1) is 11.8 Å². The van der Waals surface area contributed by atoms with Crippen molar-refractivity contribution in [1.82, 2.24) is 4.57 Å². The highest BCUT2D eigenvalue weighted by Crippen LogP contribution is 2.16. The summed E-state index contributed by atoms with van der Waals surface area (Å²) in [6.07, 6.45) is 1.77. The van der Waals surface area contributed by atoms with E-state index in [1.165, 1.54) is 11.3 Å². The van der Waals surface area contributed by atoms with Crippen LogP contribution in [-0.4, -0.2) is 16.3 Å². The first kappa shape index (κ1) is 11.1. The van der Waals surface area contributed by atoms with E-state index in [0.29, 0.717) is 6.54 Å². The molecular weight excluding hydrogens is 242 g/mol. The second kappa shape index (κ2) is 5.12. The summed E-state index contributed by atoms with van der Waals surface area (Å²) in [5.41, 5.74) is 0.886. The molecule has 0 aliphatic heterocycles. The van der Waals surface area contributed by atoms with Crippen molar-refractivity contribution >= 4 is 22.7 Å². The Morgan fingerprint density at radius 1 is 1.38 bits per heavy atom. The van der Waals surface area contributed by atoms with Crippen LogP contribution >= 0.6 is 22.7 Å². The second-order valence-electron chi connectivity index (χ2n) is 3.01. The highest BCUT2D eigenvalue weighted by atomic mass is 32.1. The summed E-state index contributed by atoms with van der Waals surface area (Å²) in [7, 11) is 0. The van der Waals surface area contributed by atoms with Gasteiger partial charge in [0.15, 0.2) is 0 Å². The van der Waals surface area contributed by atoms with Gasteiger partial charge in [0.05, 0.1) is 6.54 Å². The maximum Gasteiger partial charge on any atom is 0.307 e. The summed E-state index contributed by atoms with van der Waals surface area (Å²) in [5.74, 6) is 5.49. The molecule has 16 heavy (non-hydrogen) atoms. The average molecular weight is 251 g/mol. The van der Waals surface area contributed by atoms with Crippen LogP contribution in [-0.2, 0) is 6.54 Å². The van der Waals surface area contributed by atoms with Gasteiger partial charge in [-0.15, -0.1) is 11.3 Å². The molecule has 0 saturated carbocycles. The highest BCUT2D eigenvalue weighted by Gasteiger charge is 2.04. The van der Waals surface area contributed by atoms with E-state index in [-0.39, 0.29) is 11.5 Å². The molecule has 0 spiro atoms. The van der Waals surface area contributed by atoms with E-state index in [9.17, 15) is 4.79 Å². The number of rotatable bonds is 2. The molecule has 0 radical (unpaired) electrons. The number of hydrogen-bond acceptors (Lipinski definition) is 4. The van der Waals surface area contributed by atoms with Gasteiger partial charge in [0, 0.05) is 22.0 Å². The highest BCUT2D eigenvalue weighted by molar-refractivity contribution is 7.10. The molecule has 2 rings (SSSR count). The van der Waals surface area contributed by atoms with E-state index >= 15 is 0 Å². The van der Waals surface area contributed by atoms with Gasteiger partial charge in [-0.2, -0.15) is 0 Å². The minimum atomic E-state index is -0.145. The zero-order valence-electron chi connectivity index (χ0n) is 8.34. The van der Waals surface area contributed by atoms with Crippen LogP contribution in [0.2, 0.25) is 0 Å². The molecule has 2 aromatic heterocycles. The molecular formula is C11H9NO2S2. The number of aliphatic hydroxyl groups excluding tert-OH is 1. The summed E-state index contributed by atoms with van der Waals surface area (Å²) >= 11 is 2.75. The van der Waals surface area contributed by atoms with Gasteiger partial charge >= 0.3 is 4.87 Å². The Bertz CT molecular complexity index is 583. The Balaban J connectivity index is 2.25. The maximum atomic E-state index is 11.4. The minimum absolute atomic E-state index is 0.0365. The quantitative estimate of drug-likeness (QED) is 0.819. The number of hydrogen-bond donors (Lipinski definition) is 1. The standard InChI is InChI=1S/C11H9NO2S2/c13-5-1-2-9-3-6-15-10(9)8-12-4-7-16-11(12)14/h3-4,6-7,13H,5,8H2. The summed E-state index contributed by atoms with van der Waals surface area (Å²) < 4.78 is 1.65. The van der Waals surface area contributed by atoms with Gasteiger partial charge in [0.1, 0.15) is 6.61 Å². The van der Waals surface area contributed by atoms with Crippen molar-refractivity contribution in [2.24, 2.45) is 0 Å². The summed E-state index contributed by atoms with van der Waals surface area (Å²) in [5, 5.41) is 12.3. The SMILES string of the molecule is O=c1sccn1Cc1sccc1C#CCO. The third-order valence-corrected chi connectivity index (χ3v) is 3.61. The van der Waals surface area contributed by atoms with Gasteiger partial charge in [-0.3, -0.25) is 4.79 Å².